The molecule has 1 saturated heterocycles. The molecule has 2 amide bonds. The largest absolute Gasteiger partial charge is 0.396 e. The summed E-state index contributed by atoms with van der Waals surface area (Å²) in [6.07, 6.45) is 0.850. The van der Waals surface area contributed by atoms with Gasteiger partial charge in [0.05, 0.1) is 12.5 Å². The lowest BCUT2D eigenvalue weighted by molar-refractivity contribution is -0.137. The van der Waals surface area contributed by atoms with Crippen molar-refractivity contribution in [3.8, 4) is 0 Å². The van der Waals surface area contributed by atoms with E-state index in [-0.39, 0.29) is 36.8 Å². The number of aliphatic hydroxyl groups excluding tert-OH is 1. The molecule has 1 aliphatic heterocycles. The summed E-state index contributed by atoms with van der Waals surface area (Å²) in [5, 5.41) is 8.91. The van der Waals surface area contributed by atoms with E-state index in [0.29, 0.717) is 32.7 Å². The average molecular weight is 286 g/mol. The number of ether oxygens (including phenoxy) is 1. The molecule has 1 unspecified atom stereocenters. The van der Waals surface area contributed by atoms with Crippen molar-refractivity contribution in [1.82, 2.24) is 9.80 Å². The van der Waals surface area contributed by atoms with Crippen LogP contribution < -0.4 is 0 Å². The number of amides is 2. The van der Waals surface area contributed by atoms with Crippen molar-refractivity contribution in [2.24, 2.45) is 5.92 Å². The summed E-state index contributed by atoms with van der Waals surface area (Å²) in [6, 6.07) is 0.0807. The maximum Gasteiger partial charge on any atom is 0.228 e. The van der Waals surface area contributed by atoms with Crippen LogP contribution in [0, 0.1) is 5.92 Å². The molecule has 1 heterocycles. The summed E-state index contributed by atoms with van der Waals surface area (Å²) in [7, 11) is 1.60. The van der Waals surface area contributed by atoms with Crippen molar-refractivity contribution < 1.29 is 19.4 Å². The molecule has 0 bridgehead atoms. The maximum atomic E-state index is 12.5. The molecule has 116 valence electrons. The Morgan fingerprint density at radius 2 is 2.25 bits per heavy atom. The monoisotopic (exact) mass is 286 g/mol. The molecule has 1 N–H and O–H groups in total. The van der Waals surface area contributed by atoms with E-state index in [2.05, 4.69) is 0 Å². The number of rotatable bonds is 8. The van der Waals surface area contributed by atoms with Crippen LogP contribution in [0.4, 0.5) is 0 Å². The smallest absolute Gasteiger partial charge is 0.228 e. The van der Waals surface area contributed by atoms with Gasteiger partial charge in [-0.25, -0.2) is 0 Å². The molecular weight excluding hydrogens is 260 g/mol. The van der Waals surface area contributed by atoms with Crippen LogP contribution in [0.5, 0.6) is 0 Å². The molecule has 1 aliphatic rings. The van der Waals surface area contributed by atoms with Crippen molar-refractivity contribution in [2.45, 2.75) is 32.7 Å². The van der Waals surface area contributed by atoms with Gasteiger partial charge in [0.1, 0.15) is 0 Å². The first-order valence-electron chi connectivity index (χ1n) is 7.19. The van der Waals surface area contributed by atoms with Gasteiger partial charge in [-0.05, 0) is 20.3 Å². The van der Waals surface area contributed by atoms with Crippen LogP contribution in [0.2, 0.25) is 0 Å². The number of methoxy groups -OCH3 is 1. The molecule has 20 heavy (non-hydrogen) atoms. The van der Waals surface area contributed by atoms with E-state index in [1.807, 2.05) is 13.8 Å². The van der Waals surface area contributed by atoms with Crippen molar-refractivity contribution in [1.29, 1.82) is 0 Å². The summed E-state index contributed by atoms with van der Waals surface area (Å²) in [5.41, 5.74) is 0. The zero-order valence-electron chi connectivity index (χ0n) is 12.7. The highest BCUT2D eigenvalue weighted by atomic mass is 16.5. The van der Waals surface area contributed by atoms with Gasteiger partial charge in [0.2, 0.25) is 11.8 Å². The molecule has 1 fully saturated rings. The third kappa shape index (κ3) is 4.45. The van der Waals surface area contributed by atoms with Crippen LogP contribution >= 0.6 is 0 Å². The van der Waals surface area contributed by atoms with Crippen LogP contribution in [-0.4, -0.2) is 72.7 Å². The Bertz CT molecular complexity index is 333. The van der Waals surface area contributed by atoms with Crippen LogP contribution in [0.1, 0.15) is 26.7 Å². The minimum Gasteiger partial charge on any atom is -0.396 e. The topological polar surface area (TPSA) is 70.1 Å². The number of carbonyl (C=O) groups excluding carboxylic acids is 2. The molecule has 1 atom stereocenters. The van der Waals surface area contributed by atoms with Crippen LogP contribution in [-0.2, 0) is 14.3 Å². The fourth-order valence-electron chi connectivity index (χ4n) is 2.45. The fraction of sp³-hybridized carbons (Fsp3) is 0.857. The normalized spacial score (nSPS) is 18.9. The zero-order chi connectivity index (χ0) is 15.1. The Morgan fingerprint density at radius 3 is 2.80 bits per heavy atom. The SMILES string of the molecule is COCCN1CC(C(=O)N(CCCO)C(C)C)CC1=O. The third-order valence-electron chi connectivity index (χ3n) is 3.59. The van der Waals surface area contributed by atoms with Gasteiger partial charge in [-0.15, -0.1) is 0 Å². The molecular formula is C14H26N2O4. The molecule has 1 rings (SSSR count). The van der Waals surface area contributed by atoms with Crippen LogP contribution in [0.25, 0.3) is 0 Å². The molecule has 6 nitrogen and oxygen atoms in total. The van der Waals surface area contributed by atoms with Gasteiger partial charge >= 0.3 is 0 Å². The highest BCUT2D eigenvalue weighted by Crippen LogP contribution is 2.21. The molecule has 0 aromatic rings. The number of carbonyl (C=O) groups is 2. The lowest BCUT2D eigenvalue weighted by Crippen LogP contribution is -2.42. The Kier molecular flexibility index (Phi) is 6.95. The predicted octanol–water partition coefficient (Wildman–Crippen LogP) is 0.101. The molecule has 0 spiro atoms. The Labute approximate surface area is 120 Å². The van der Waals surface area contributed by atoms with Crippen molar-refractivity contribution >= 4 is 11.8 Å². The van der Waals surface area contributed by atoms with Gasteiger partial charge in [0.25, 0.3) is 0 Å². The van der Waals surface area contributed by atoms with E-state index in [0.717, 1.165) is 0 Å². The van der Waals surface area contributed by atoms with Gasteiger partial charge in [-0.3, -0.25) is 9.59 Å². The van der Waals surface area contributed by atoms with Crippen LogP contribution in [0.15, 0.2) is 0 Å². The van der Waals surface area contributed by atoms with Crippen molar-refractivity contribution in [2.75, 3.05) is 40.0 Å². The van der Waals surface area contributed by atoms with Gasteiger partial charge in [-0.2, -0.15) is 0 Å². The van der Waals surface area contributed by atoms with E-state index < -0.39 is 0 Å². The van der Waals surface area contributed by atoms with Gasteiger partial charge < -0.3 is 19.6 Å². The van der Waals surface area contributed by atoms with E-state index in [4.69, 9.17) is 9.84 Å². The molecule has 0 aliphatic carbocycles. The summed E-state index contributed by atoms with van der Waals surface area (Å²) in [6.45, 7) is 6.02. The number of hydrogen-bond donors (Lipinski definition) is 1. The first-order chi connectivity index (χ1) is 9.51. The predicted molar refractivity (Wildman–Crippen MR) is 75.1 cm³/mol. The van der Waals surface area contributed by atoms with Gasteiger partial charge in [0.15, 0.2) is 0 Å². The second kappa shape index (κ2) is 8.21. The molecule has 0 aromatic heterocycles. The Balaban J connectivity index is 2.60. The zero-order valence-corrected chi connectivity index (χ0v) is 12.7. The standard InChI is InChI=1S/C14H26N2O4/c1-11(2)16(5-4-7-17)14(19)12-9-13(18)15(10-12)6-8-20-3/h11-12,17H,4-10H2,1-3H3. The van der Waals surface area contributed by atoms with Crippen LogP contribution in [0.3, 0.4) is 0 Å². The van der Waals surface area contributed by atoms with E-state index >= 15 is 0 Å². The third-order valence-corrected chi connectivity index (χ3v) is 3.59. The summed E-state index contributed by atoms with van der Waals surface area (Å²) >= 11 is 0. The molecule has 0 radical (unpaired) electrons. The van der Waals surface area contributed by atoms with E-state index in [1.165, 1.54) is 0 Å². The summed E-state index contributed by atoms with van der Waals surface area (Å²) < 4.78 is 4.97. The van der Waals surface area contributed by atoms with Crippen molar-refractivity contribution in [3.63, 3.8) is 0 Å². The highest BCUT2D eigenvalue weighted by Gasteiger charge is 2.36. The number of likely N-dealkylation sites (tertiary alicyclic amines) is 1. The second-order valence-corrected chi connectivity index (χ2v) is 5.44. The fourth-order valence-corrected chi connectivity index (χ4v) is 2.45. The second-order valence-electron chi connectivity index (χ2n) is 5.44. The number of hydrogen-bond acceptors (Lipinski definition) is 4. The molecule has 6 heteroatoms. The van der Waals surface area contributed by atoms with Crippen molar-refractivity contribution in [3.05, 3.63) is 0 Å². The lowest BCUT2D eigenvalue weighted by Gasteiger charge is -2.29. The maximum absolute atomic E-state index is 12.5. The van der Waals surface area contributed by atoms with Gasteiger partial charge in [0, 0.05) is 45.8 Å². The quantitative estimate of drug-likeness (QED) is 0.687. The minimum atomic E-state index is -0.263. The van der Waals surface area contributed by atoms with E-state index in [1.54, 1.807) is 16.9 Å². The molecule has 0 saturated carbocycles. The summed E-state index contributed by atoms with van der Waals surface area (Å²) in [4.78, 5) is 27.8. The lowest BCUT2D eigenvalue weighted by atomic mass is 10.1. The molecule has 0 aromatic carbocycles. The highest BCUT2D eigenvalue weighted by molar-refractivity contribution is 5.89. The Hall–Kier alpha value is -1.14. The first kappa shape index (κ1) is 16.9. The average Bonchev–Trinajstić information content (AvgIpc) is 2.77. The number of aliphatic hydroxyl groups is 1. The Morgan fingerprint density at radius 1 is 1.55 bits per heavy atom. The first-order valence-corrected chi connectivity index (χ1v) is 7.19. The number of nitrogens with zero attached hydrogens (tertiary/aromatic N) is 2. The van der Waals surface area contributed by atoms with Gasteiger partial charge in [-0.1, -0.05) is 0 Å². The summed E-state index contributed by atoms with van der Waals surface area (Å²) in [5.74, 6) is -0.228. The minimum absolute atomic E-state index is 0.0155. The van der Waals surface area contributed by atoms with E-state index in [9.17, 15) is 9.59 Å².